The molecule has 0 unspecified atom stereocenters. The molecule has 6 rings (SSSR count). The molecular formula is C33H33N5O3. The standard InChI is InChI=1S/C33H33N5O3/c34-33(41)38(27-12-5-2-6-13-27)35-31(39)30-20-19-28-22-37(29-14-8-7-11-26(29)21-36(28)30)32(40)25-17-15-24(16-18-25)23-9-3-1-4-10-23/h2,5-8,11-20,23H,1,3-4,9-10,21-22H2,(H2,34,41)(H,35,39). The normalized spacial score (nSPS) is 14.9. The lowest BCUT2D eigenvalue weighted by molar-refractivity contribution is 0.0941. The number of nitrogens with zero attached hydrogens (tertiary/aromatic N) is 3. The Morgan fingerprint density at radius 2 is 1.49 bits per heavy atom. The third-order valence-corrected chi connectivity index (χ3v) is 8.16. The first-order valence-electron chi connectivity index (χ1n) is 14.1. The van der Waals surface area contributed by atoms with Gasteiger partial charge in [0.25, 0.3) is 11.8 Å². The number of amides is 4. The van der Waals surface area contributed by atoms with Crippen LogP contribution in [-0.4, -0.2) is 22.4 Å². The van der Waals surface area contributed by atoms with Gasteiger partial charge in [-0.2, -0.15) is 0 Å². The molecule has 3 aromatic carbocycles. The van der Waals surface area contributed by atoms with Crippen LogP contribution in [-0.2, 0) is 13.1 Å². The number of hydrazine groups is 1. The molecule has 208 valence electrons. The molecule has 1 aromatic heterocycles. The van der Waals surface area contributed by atoms with Crippen molar-refractivity contribution in [3.63, 3.8) is 0 Å². The number of hydrogen-bond donors (Lipinski definition) is 2. The van der Waals surface area contributed by atoms with Crippen molar-refractivity contribution >= 4 is 29.2 Å². The van der Waals surface area contributed by atoms with Crippen LogP contribution in [0.4, 0.5) is 16.2 Å². The summed E-state index contributed by atoms with van der Waals surface area (Å²) in [5.41, 5.74) is 13.5. The fraction of sp³-hybridized carbons (Fsp3) is 0.242. The van der Waals surface area contributed by atoms with Gasteiger partial charge >= 0.3 is 6.03 Å². The predicted octanol–water partition coefficient (Wildman–Crippen LogP) is 5.97. The highest BCUT2D eigenvalue weighted by molar-refractivity contribution is 6.06. The number of para-hydroxylation sites is 2. The van der Waals surface area contributed by atoms with Gasteiger partial charge in [0.2, 0.25) is 0 Å². The van der Waals surface area contributed by atoms with E-state index in [-0.39, 0.29) is 5.91 Å². The van der Waals surface area contributed by atoms with Crippen molar-refractivity contribution in [1.82, 2.24) is 9.99 Å². The number of hydrogen-bond acceptors (Lipinski definition) is 3. The largest absolute Gasteiger partial charge is 0.350 e. The van der Waals surface area contributed by atoms with Gasteiger partial charge in [-0.15, -0.1) is 0 Å². The first kappa shape index (κ1) is 26.4. The molecule has 1 aliphatic heterocycles. The second-order valence-corrected chi connectivity index (χ2v) is 10.7. The maximum Gasteiger partial charge on any atom is 0.338 e. The van der Waals surface area contributed by atoms with Crippen LogP contribution in [0.1, 0.15) is 75.7 Å². The van der Waals surface area contributed by atoms with E-state index in [1.54, 1.807) is 35.2 Å². The molecule has 8 heteroatoms. The molecule has 4 aromatic rings. The number of aromatic nitrogens is 1. The van der Waals surface area contributed by atoms with Gasteiger partial charge in [-0.1, -0.05) is 67.8 Å². The Labute approximate surface area is 239 Å². The van der Waals surface area contributed by atoms with E-state index >= 15 is 0 Å². The van der Waals surface area contributed by atoms with Gasteiger partial charge in [-0.3, -0.25) is 15.0 Å². The van der Waals surface area contributed by atoms with Crippen molar-refractivity contribution in [2.75, 3.05) is 9.91 Å². The number of nitrogens with one attached hydrogen (secondary N) is 1. The Morgan fingerprint density at radius 1 is 0.780 bits per heavy atom. The molecule has 1 fully saturated rings. The molecule has 8 nitrogen and oxygen atoms in total. The molecule has 0 atom stereocenters. The van der Waals surface area contributed by atoms with Crippen molar-refractivity contribution in [2.24, 2.45) is 5.73 Å². The molecule has 3 N–H and O–H groups in total. The molecule has 1 aliphatic carbocycles. The number of rotatable bonds is 4. The van der Waals surface area contributed by atoms with Crippen molar-refractivity contribution < 1.29 is 14.4 Å². The lowest BCUT2D eigenvalue weighted by atomic mass is 9.84. The van der Waals surface area contributed by atoms with Gasteiger partial charge in [-0.05, 0) is 72.4 Å². The zero-order valence-electron chi connectivity index (χ0n) is 22.8. The van der Waals surface area contributed by atoms with E-state index < -0.39 is 11.9 Å². The maximum atomic E-state index is 13.9. The Hall–Kier alpha value is -4.85. The van der Waals surface area contributed by atoms with Crippen LogP contribution in [0.15, 0.2) is 91.0 Å². The lowest BCUT2D eigenvalue weighted by Gasteiger charge is -2.24. The summed E-state index contributed by atoms with van der Waals surface area (Å²) in [5.74, 6) is 0.0128. The Kier molecular flexibility index (Phi) is 7.29. The third-order valence-electron chi connectivity index (χ3n) is 8.16. The van der Waals surface area contributed by atoms with Crippen LogP contribution >= 0.6 is 0 Å². The van der Waals surface area contributed by atoms with E-state index in [4.69, 9.17) is 5.73 Å². The minimum absolute atomic E-state index is 0.0859. The number of benzene rings is 3. The molecule has 0 bridgehead atoms. The van der Waals surface area contributed by atoms with Gasteiger partial charge in [0.1, 0.15) is 5.69 Å². The number of fused-ring (bicyclic) bond motifs is 2. The van der Waals surface area contributed by atoms with E-state index in [0.29, 0.717) is 36.0 Å². The van der Waals surface area contributed by atoms with Crippen molar-refractivity contribution in [2.45, 2.75) is 51.1 Å². The fourth-order valence-corrected chi connectivity index (χ4v) is 6.01. The fourth-order valence-electron chi connectivity index (χ4n) is 6.01. The summed E-state index contributed by atoms with van der Waals surface area (Å²) in [6, 6.07) is 27.3. The average molecular weight is 548 g/mol. The predicted molar refractivity (Wildman–Crippen MR) is 159 cm³/mol. The summed E-state index contributed by atoms with van der Waals surface area (Å²) in [4.78, 5) is 41.3. The number of anilines is 2. The molecule has 0 radical (unpaired) electrons. The van der Waals surface area contributed by atoms with Gasteiger partial charge in [-0.25, -0.2) is 9.80 Å². The van der Waals surface area contributed by atoms with Crippen LogP contribution in [0.2, 0.25) is 0 Å². The summed E-state index contributed by atoms with van der Waals surface area (Å²) in [7, 11) is 0. The van der Waals surface area contributed by atoms with Crippen molar-refractivity contribution in [1.29, 1.82) is 0 Å². The molecule has 2 heterocycles. The van der Waals surface area contributed by atoms with Gasteiger partial charge < -0.3 is 15.2 Å². The van der Waals surface area contributed by atoms with Crippen LogP contribution in [0.3, 0.4) is 0 Å². The molecule has 41 heavy (non-hydrogen) atoms. The van der Waals surface area contributed by atoms with E-state index in [1.807, 2.05) is 53.1 Å². The molecule has 4 amide bonds. The van der Waals surface area contributed by atoms with Crippen LogP contribution in [0, 0.1) is 0 Å². The summed E-state index contributed by atoms with van der Waals surface area (Å²) < 4.78 is 1.89. The average Bonchev–Trinajstić information content (AvgIpc) is 3.33. The molecule has 1 saturated carbocycles. The zero-order chi connectivity index (χ0) is 28.3. The minimum Gasteiger partial charge on any atom is -0.350 e. The van der Waals surface area contributed by atoms with Gasteiger partial charge in [0, 0.05) is 16.9 Å². The van der Waals surface area contributed by atoms with Crippen LogP contribution in [0.25, 0.3) is 0 Å². The minimum atomic E-state index is -0.802. The number of nitrogens with two attached hydrogens (primary N) is 1. The molecule has 0 spiro atoms. The summed E-state index contributed by atoms with van der Waals surface area (Å²) >= 11 is 0. The van der Waals surface area contributed by atoms with E-state index in [2.05, 4.69) is 17.6 Å². The highest BCUT2D eigenvalue weighted by Gasteiger charge is 2.28. The van der Waals surface area contributed by atoms with E-state index in [9.17, 15) is 14.4 Å². The summed E-state index contributed by atoms with van der Waals surface area (Å²) in [6.07, 6.45) is 6.26. The summed E-state index contributed by atoms with van der Waals surface area (Å²) in [5, 5.41) is 1.03. The SMILES string of the molecule is NC(=O)N(NC(=O)c1ccc2n1Cc1ccccc1N(C(=O)c1ccc(C3CCCCC3)cc1)C2)c1ccccc1. The highest BCUT2D eigenvalue weighted by Crippen LogP contribution is 2.34. The van der Waals surface area contributed by atoms with Crippen LogP contribution in [0.5, 0.6) is 0 Å². The van der Waals surface area contributed by atoms with Crippen LogP contribution < -0.4 is 21.1 Å². The monoisotopic (exact) mass is 547 g/mol. The first-order valence-corrected chi connectivity index (χ1v) is 14.1. The lowest BCUT2D eigenvalue weighted by Crippen LogP contribution is -2.49. The van der Waals surface area contributed by atoms with E-state index in [0.717, 1.165) is 22.0 Å². The topological polar surface area (TPSA) is 101 Å². The first-order chi connectivity index (χ1) is 20.0. The highest BCUT2D eigenvalue weighted by atomic mass is 16.2. The smallest absolute Gasteiger partial charge is 0.338 e. The number of urea groups is 1. The third kappa shape index (κ3) is 5.33. The second kappa shape index (κ2) is 11.3. The number of primary amides is 1. The van der Waals surface area contributed by atoms with Crippen molar-refractivity contribution in [3.05, 3.63) is 119 Å². The van der Waals surface area contributed by atoms with Gasteiger partial charge in [0.05, 0.1) is 18.8 Å². The summed E-state index contributed by atoms with van der Waals surface area (Å²) in [6.45, 7) is 0.694. The maximum absolute atomic E-state index is 13.9. The Morgan fingerprint density at radius 3 is 2.22 bits per heavy atom. The Bertz CT molecular complexity index is 1570. The number of carbonyl (C=O) groups excluding carboxylic acids is 3. The van der Waals surface area contributed by atoms with Gasteiger partial charge in [0.15, 0.2) is 0 Å². The molecular weight excluding hydrogens is 514 g/mol. The molecule has 0 saturated heterocycles. The van der Waals surface area contributed by atoms with Crippen molar-refractivity contribution in [3.8, 4) is 0 Å². The quantitative estimate of drug-likeness (QED) is 0.308. The molecule has 2 aliphatic rings. The van der Waals surface area contributed by atoms with E-state index in [1.165, 1.54) is 37.7 Å². The Balaban J connectivity index is 1.28. The second-order valence-electron chi connectivity index (χ2n) is 10.7. The zero-order valence-corrected chi connectivity index (χ0v) is 22.8. The number of carbonyl (C=O) groups is 3.